The Morgan fingerprint density at radius 2 is 2.35 bits per heavy atom. The van der Waals surface area contributed by atoms with E-state index in [1.165, 1.54) is 13.2 Å². The van der Waals surface area contributed by atoms with Crippen LogP contribution in [0.25, 0.3) is 0 Å². The summed E-state index contributed by atoms with van der Waals surface area (Å²) >= 11 is 0. The maximum atomic E-state index is 11.6. The third-order valence-corrected chi connectivity index (χ3v) is 3.54. The number of nitrogens with one attached hydrogen (secondary N) is 2. The van der Waals surface area contributed by atoms with Crippen LogP contribution >= 0.6 is 0 Å². The topological polar surface area (TPSA) is 115 Å². The van der Waals surface area contributed by atoms with Crippen molar-refractivity contribution in [3.63, 3.8) is 0 Å². The standard InChI is InChI=1S/C8H14N4O4S/c1-12(5-2-8(13)14)17(15,16)11-6-7-9-3-4-10-7/h3-4,11H,2,5-6H2,1H3,(H,9,10)(H,13,14). The van der Waals surface area contributed by atoms with E-state index in [4.69, 9.17) is 5.11 Å². The summed E-state index contributed by atoms with van der Waals surface area (Å²) in [5.41, 5.74) is 0. The zero-order chi connectivity index (χ0) is 12.9. The van der Waals surface area contributed by atoms with Crippen LogP contribution in [0.1, 0.15) is 12.2 Å². The number of aliphatic carboxylic acids is 1. The number of carbonyl (C=O) groups is 1. The zero-order valence-electron chi connectivity index (χ0n) is 9.25. The Balaban J connectivity index is 2.47. The molecule has 1 rings (SSSR count). The summed E-state index contributed by atoms with van der Waals surface area (Å²) in [5, 5.41) is 8.45. The molecule has 0 spiro atoms. The number of aromatic amines is 1. The fourth-order valence-corrected chi connectivity index (χ4v) is 1.91. The minimum Gasteiger partial charge on any atom is -0.481 e. The van der Waals surface area contributed by atoms with E-state index in [0.29, 0.717) is 5.82 Å². The fraction of sp³-hybridized carbons (Fsp3) is 0.500. The van der Waals surface area contributed by atoms with Gasteiger partial charge in [0.1, 0.15) is 5.82 Å². The van der Waals surface area contributed by atoms with Gasteiger partial charge in [0.15, 0.2) is 0 Å². The van der Waals surface area contributed by atoms with E-state index in [0.717, 1.165) is 4.31 Å². The summed E-state index contributed by atoms with van der Waals surface area (Å²) in [6.45, 7) is -0.0461. The number of carboxylic acid groups (broad SMARTS) is 1. The van der Waals surface area contributed by atoms with Crippen LogP contribution in [0, 0.1) is 0 Å². The number of hydrogen-bond donors (Lipinski definition) is 3. The van der Waals surface area contributed by atoms with Crippen molar-refractivity contribution in [2.24, 2.45) is 0 Å². The van der Waals surface area contributed by atoms with Gasteiger partial charge in [0.05, 0.1) is 13.0 Å². The zero-order valence-corrected chi connectivity index (χ0v) is 10.1. The Morgan fingerprint density at radius 1 is 1.65 bits per heavy atom. The molecule has 0 amide bonds. The third kappa shape index (κ3) is 4.51. The highest BCUT2D eigenvalue weighted by molar-refractivity contribution is 7.87. The largest absolute Gasteiger partial charge is 0.481 e. The molecule has 0 aromatic carbocycles. The van der Waals surface area contributed by atoms with Crippen LogP contribution in [0.2, 0.25) is 0 Å². The van der Waals surface area contributed by atoms with Crippen LogP contribution in [0.5, 0.6) is 0 Å². The molecule has 1 heterocycles. The van der Waals surface area contributed by atoms with E-state index in [2.05, 4.69) is 14.7 Å². The number of H-pyrrole nitrogens is 1. The number of rotatable bonds is 7. The van der Waals surface area contributed by atoms with Crippen molar-refractivity contribution in [2.45, 2.75) is 13.0 Å². The second kappa shape index (κ2) is 5.75. The molecule has 9 heteroatoms. The van der Waals surface area contributed by atoms with Crippen molar-refractivity contribution in [2.75, 3.05) is 13.6 Å². The van der Waals surface area contributed by atoms with Gasteiger partial charge in [-0.2, -0.15) is 17.4 Å². The maximum absolute atomic E-state index is 11.6. The Kier molecular flexibility index (Phi) is 4.61. The molecule has 1 aromatic rings. The van der Waals surface area contributed by atoms with Crippen molar-refractivity contribution in [1.29, 1.82) is 0 Å². The lowest BCUT2D eigenvalue weighted by Crippen LogP contribution is -2.39. The van der Waals surface area contributed by atoms with Crippen LogP contribution in [-0.2, 0) is 21.5 Å². The van der Waals surface area contributed by atoms with Gasteiger partial charge in [0.2, 0.25) is 0 Å². The molecule has 0 atom stereocenters. The van der Waals surface area contributed by atoms with E-state index in [1.54, 1.807) is 6.20 Å². The van der Waals surface area contributed by atoms with Crippen molar-refractivity contribution in [3.8, 4) is 0 Å². The van der Waals surface area contributed by atoms with Crippen molar-refractivity contribution in [3.05, 3.63) is 18.2 Å². The minimum absolute atomic E-state index is 0.0345. The second-order valence-corrected chi connectivity index (χ2v) is 5.19. The monoisotopic (exact) mass is 262 g/mol. The lowest BCUT2D eigenvalue weighted by atomic mass is 10.4. The normalized spacial score (nSPS) is 11.9. The summed E-state index contributed by atoms with van der Waals surface area (Å²) in [6.07, 6.45) is 2.85. The van der Waals surface area contributed by atoms with E-state index in [1.807, 2.05) is 0 Å². The van der Waals surface area contributed by atoms with Gasteiger partial charge in [-0.1, -0.05) is 0 Å². The summed E-state index contributed by atoms with van der Waals surface area (Å²) in [5.74, 6) is -0.557. The molecular weight excluding hydrogens is 248 g/mol. The van der Waals surface area contributed by atoms with Gasteiger partial charge in [-0.15, -0.1) is 0 Å². The number of nitrogens with zero attached hydrogens (tertiary/aromatic N) is 2. The molecule has 17 heavy (non-hydrogen) atoms. The third-order valence-electron chi connectivity index (χ3n) is 2.03. The van der Waals surface area contributed by atoms with Crippen LogP contribution < -0.4 is 4.72 Å². The summed E-state index contributed by atoms with van der Waals surface area (Å²) in [6, 6.07) is 0. The van der Waals surface area contributed by atoms with Gasteiger partial charge >= 0.3 is 5.97 Å². The number of imidazole rings is 1. The van der Waals surface area contributed by atoms with Gasteiger partial charge in [0.25, 0.3) is 10.2 Å². The van der Waals surface area contributed by atoms with Gasteiger partial charge in [-0.25, -0.2) is 4.98 Å². The molecule has 3 N–H and O–H groups in total. The first kappa shape index (κ1) is 13.6. The Labute approximate surface area is 98.8 Å². The molecule has 0 aliphatic rings. The van der Waals surface area contributed by atoms with E-state index >= 15 is 0 Å². The molecule has 8 nitrogen and oxygen atoms in total. The van der Waals surface area contributed by atoms with E-state index < -0.39 is 16.2 Å². The Morgan fingerprint density at radius 3 is 2.88 bits per heavy atom. The molecule has 96 valence electrons. The Hall–Kier alpha value is -1.45. The SMILES string of the molecule is CN(CCC(=O)O)S(=O)(=O)NCc1ncc[nH]1. The van der Waals surface area contributed by atoms with Gasteiger partial charge in [-0.05, 0) is 0 Å². The number of carboxylic acids is 1. The lowest BCUT2D eigenvalue weighted by Gasteiger charge is -2.16. The second-order valence-electron chi connectivity index (χ2n) is 3.33. The highest BCUT2D eigenvalue weighted by Crippen LogP contribution is 1.97. The Bertz CT molecular complexity index is 456. The lowest BCUT2D eigenvalue weighted by molar-refractivity contribution is -0.137. The number of aromatic nitrogens is 2. The fourth-order valence-electron chi connectivity index (χ4n) is 1.04. The van der Waals surface area contributed by atoms with Crippen molar-refractivity contribution in [1.82, 2.24) is 19.0 Å². The average molecular weight is 262 g/mol. The first-order chi connectivity index (χ1) is 7.92. The molecule has 0 unspecified atom stereocenters. The van der Waals surface area contributed by atoms with Crippen LogP contribution in [0.4, 0.5) is 0 Å². The summed E-state index contributed by atoms with van der Waals surface area (Å²) in [4.78, 5) is 16.9. The van der Waals surface area contributed by atoms with Crippen LogP contribution in [0.15, 0.2) is 12.4 Å². The van der Waals surface area contributed by atoms with Gasteiger partial charge in [0, 0.05) is 26.0 Å². The van der Waals surface area contributed by atoms with Gasteiger partial charge < -0.3 is 10.1 Å². The highest BCUT2D eigenvalue weighted by atomic mass is 32.2. The molecular formula is C8H14N4O4S. The first-order valence-electron chi connectivity index (χ1n) is 4.83. The van der Waals surface area contributed by atoms with Crippen molar-refractivity contribution < 1.29 is 18.3 Å². The first-order valence-corrected chi connectivity index (χ1v) is 6.27. The van der Waals surface area contributed by atoms with Crippen LogP contribution in [0.3, 0.4) is 0 Å². The molecule has 1 aromatic heterocycles. The molecule has 0 aliphatic carbocycles. The maximum Gasteiger partial charge on any atom is 0.304 e. The van der Waals surface area contributed by atoms with Gasteiger partial charge in [-0.3, -0.25) is 4.79 Å². The predicted octanol–water partition coefficient (Wildman–Crippen LogP) is -0.849. The quantitative estimate of drug-likeness (QED) is 0.592. The van der Waals surface area contributed by atoms with E-state index in [-0.39, 0.29) is 19.5 Å². The molecule has 0 bridgehead atoms. The molecule has 0 saturated carbocycles. The highest BCUT2D eigenvalue weighted by Gasteiger charge is 2.18. The minimum atomic E-state index is -3.67. The van der Waals surface area contributed by atoms with E-state index in [9.17, 15) is 13.2 Å². The van der Waals surface area contributed by atoms with Crippen molar-refractivity contribution >= 4 is 16.2 Å². The molecule has 0 saturated heterocycles. The average Bonchev–Trinajstić information content (AvgIpc) is 2.75. The number of hydrogen-bond acceptors (Lipinski definition) is 4. The predicted molar refractivity (Wildman–Crippen MR) is 59.2 cm³/mol. The molecule has 0 radical (unpaired) electrons. The van der Waals surface area contributed by atoms with Crippen LogP contribution in [-0.4, -0.2) is 47.4 Å². The smallest absolute Gasteiger partial charge is 0.304 e. The molecule has 0 aliphatic heterocycles. The summed E-state index contributed by atoms with van der Waals surface area (Å²) < 4.78 is 26.5. The molecule has 0 fully saturated rings. The summed E-state index contributed by atoms with van der Waals surface area (Å²) in [7, 11) is -2.36.